The molecular formula is C17H15ClFNO4. The summed E-state index contributed by atoms with van der Waals surface area (Å²) in [5, 5.41) is 2.94. The molecule has 126 valence electrons. The van der Waals surface area contributed by atoms with Crippen molar-refractivity contribution in [3.05, 3.63) is 59.4 Å². The average molecular weight is 352 g/mol. The van der Waals surface area contributed by atoms with E-state index in [1.165, 1.54) is 31.2 Å². The van der Waals surface area contributed by atoms with Gasteiger partial charge in [0.1, 0.15) is 11.6 Å². The maximum absolute atomic E-state index is 12.8. The summed E-state index contributed by atoms with van der Waals surface area (Å²) in [6, 6.07) is 11.9. The number of carbonyl (C=O) groups is 2. The molecule has 0 spiro atoms. The Kier molecular flexibility index (Phi) is 6.14. The van der Waals surface area contributed by atoms with Gasteiger partial charge < -0.3 is 14.8 Å². The molecule has 0 saturated carbocycles. The molecule has 0 radical (unpaired) electrons. The number of nitrogens with one attached hydrogen (secondary N) is 1. The van der Waals surface area contributed by atoms with E-state index in [-0.39, 0.29) is 0 Å². The van der Waals surface area contributed by atoms with Crippen LogP contribution in [0.3, 0.4) is 0 Å². The molecule has 0 aliphatic heterocycles. The Labute approximate surface area is 143 Å². The van der Waals surface area contributed by atoms with Gasteiger partial charge in [-0.05, 0) is 43.3 Å². The Morgan fingerprint density at radius 3 is 2.50 bits per heavy atom. The number of esters is 1. The van der Waals surface area contributed by atoms with Gasteiger partial charge in [-0.25, -0.2) is 9.18 Å². The third kappa shape index (κ3) is 5.24. The summed E-state index contributed by atoms with van der Waals surface area (Å²) >= 11 is 5.94. The minimum atomic E-state index is -1.02. The molecule has 0 saturated heterocycles. The van der Waals surface area contributed by atoms with Crippen LogP contribution < -0.4 is 10.1 Å². The van der Waals surface area contributed by atoms with Crippen molar-refractivity contribution in [1.82, 2.24) is 0 Å². The standard InChI is InChI=1S/C17H15ClFNO4/c1-11(17(22)20-15-5-3-2-4-14(15)18)24-16(21)10-23-13-8-6-12(19)7-9-13/h2-9,11H,10H2,1H3,(H,20,22). The van der Waals surface area contributed by atoms with Crippen LogP contribution in [-0.4, -0.2) is 24.6 Å². The van der Waals surface area contributed by atoms with Crippen molar-refractivity contribution in [3.8, 4) is 5.75 Å². The van der Waals surface area contributed by atoms with Crippen molar-refractivity contribution in [1.29, 1.82) is 0 Å². The highest BCUT2D eigenvalue weighted by atomic mass is 35.5. The topological polar surface area (TPSA) is 64.6 Å². The van der Waals surface area contributed by atoms with Crippen LogP contribution in [0.2, 0.25) is 5.02 Å². The monoisotopic (exact) mass is 351 g/mol. The molecule has 2 rings (SSSR count). The van der Waals surface area contributed by atoms with Gasteiger partial charge in [0, 0.05) is 0 Å². The number of benzene rings is 2. The molecule has 0 fully saturated rings. The minimum Gasteiger partial charge on any atom is -0.482 e. The summed E-state index contributed by atoms with van der Waals surface area (Å²) in [6.45, 7) is 1.04. The molecule has 0 heterocycles. The number of rotatable bonds is 6. The van der Waals surface area contributed by atoms with E-state index in [1.54, 1.807) is 24.3 Å². The third-order valence-electron chi connectivity index (χ3n) is 2.98. The molecule has 1 unspecified atom stereocenters. The highest BCUT2D eigenvalue weighted by Gasteiger charge is 2.19. The summed E-state index contributed by atoms with van der Waals surface area (Å²) in [6.07, 6.45) is -1.02. The molecule has 0 aliphatic carbocycles. The number of amides is 1. The molecular weight excluding hydrogens is 337 g/mol. The first-order valence-corrected chi connectivity index (χ1v) is 7.47. The first-order chi connectivity index (χ1) is 11.5. The van der Waals surface area contributed by atoms with E-state index < -0.39 is 30.4 Å². The van der Waals surface area contributed by atoms with Crippen LogP contribution in [0, 0.1) is 5.82 Å². The summed E-state index contributed by atoms with van der Waals surface area (Å²) in [5.41, 5.74) is 0.426. The van der Waals surface area contributed by atoms with Crippen LogP contribution >= 0.6 is 11.6 Å². The van der Waals surface area contributed by atoms with E-state index >= 15 is 0 Å². The van der Waals surface area contributed by atoms with E-state index in [0.29, 0.717) is 16.5 Å². The van der Waals surface area contributed by atoms with Gasteiger partial charge in [-0.15, -0.1) is 0 Å². The van der Waals surface area contributed by atoms with Gasteiger partial charge in [0.25, 0.3) is 5.91 Å². The van der Waals surface area contributed by atoms with Gasteiger partial charge >= 0.3 is 5.97 Å². The fraction of sp³-hybridized carbons (Fsp3) is 0.176. The molecule has 1 N–H and O–H groups in total. The summed E-state index contributed by atoms with van der Waals surface area (Å²) in [7, 11) is 0. The fourth-order valence-electron chi connectivity index (χ4n) is 1.75. The number of ether oxygens (including phenoxy) is 2. The zero-order valence-corrected chi connectivity index (χ0v) is 13.5. The second-order valence-corrected chi connectivity index (χ2v) is 5.25. The Balaban J connectivity index is 1.81. The van der Waals surface area contributed by atoms with E-state index in [0.717, 1.165) is 0 Å². The zero-order chi connectivity index (χ0) is 17.5. The van der Waals surface area contributed by atoms with Crippen LogP contribution in [-0.2, 0) is 14.3 Å². The van der Waals surface area contributed by atoms with Crippen LogP contribution in [0.5, 0.6) is 5.75 Å². The van der Waals surface area contributed by atoms with Gasteiger partial charge in [0.2, 0.25) is 0 Å². The molecule has 2 aromatic carbocycles. The Morgan fingerprint density at radius 1 is 1.17 bits per heavy atom. The second kappa shape index (κ2) is 8.31. The smallest absolute Gasteiger partial charge is 0.344 e. The van der Waals surface area contributed by atoms with Gasteiger partial charge in [-0.2, -0.15) is 0 Å². The van der Waals surface area contributed by atoms with E-state index in [1.807, 2.05) is 0 Å². The molecule has 0 aromatic heterocycles. The lowest BCUT2D eigenvalue weighted by Crippen LogP contribution is -2.31. The maximum Gasteiger partial charge on any atom is 0.344 e. The maximum atomic E-state index is 12.8. The number of hydrogen-bond acceptors (Lipinski definition) is 4. The second-order valence-electron chi connectivity index (χ2n) is 4.84. The van der Waals surface area contributed by atoms with Crippen molar-refractivity contribution in [2.45, 2.75) is 13.0 Å². The van der Waals surface area contributed by atoms with Gasteiger partial charge in [-0.3, -0.25) is 4.79 Å². The lowest BCUT2D eigenvalue weighted by atomic mass is 10.3. The minimum absolute atomic E-state index is 0.321. The van der Waals surface area contributed by atoms with Gasteiger partial charge in [0.05, 0.1) is 10.7 Å². The van der Waals surface area contributed by atoms with Crippen LogP contribution in [0.1, 0.15) is 6.92 Å². The largest absolute Gasteiger partial charge is 0.482 e. The number of halogens is 2. The normalized spacial score (nSPS) is 11.5. The Bertz CT molecular complexity index is 721. The SMILES string of the molecule is CC(OC(=O)COc1ccc(F)cc1)C(=O)Nc1ccccc1Cl. The molecule has 1 atom stereocenters. The lowest BCUT2D eigenvalue weighted by molar-refractivity contribution is -0.155. The molecule has 7 heteroatoms. The van der Waals surface area contributed by atoms with E-state index in [9.17, 15) is 14.0 Å². The average Bonchev–Trinajstić information content (AvgIpc) is 2.56. The van der Waals surface area contributed by atoms with Gasteiger partial charge in [-0.1, -0.05) is 23.7 Å². The number of anilines is 1. The summed E-state index contributed by atoms with van der Waals surface area (Å²) in [5.74, 6) is -1.32. The van der Waals surface area contributed by atoms with Crippen molar-refractivity contribution in [2.75, 3.05) is 11.9 Å². The molecule has 1 amide bonds. The highest BCUT2D eigenvalue weighted by Crippen LogP contribution is 2.20. The fourth-order valence-corrected chi connectivity index (χ4v) is 1.94. The van der Waals surface area contributed by atoms with Crippen molar-refractivity contribution >= 4 is 29.2 Å². The molecule has 0 bridgehead atoms. The quantitative estimate of drug-likeness (QED) is 0.810. The number of carbonyl (C=O) groups excluding carboxylic acids is 2. The highest BCUT2D eigenvalue weighted by molar-refractivity contribution is 6.33. The van der Waals surface area contributed by atoms with Crippen molar-refractivity contribution in [2.24, 2.45) is 0 Å². The lowest BCUT2D eigenvalue weighted by Gasteiger charge is -2.14. The third-order valence-corrected chi connectivity index (χ3v) is 3.31. The summed E-state index contributed by atoms with van der Waals surface area (Å²) in [4.78, 5) is 23.7. The molecule has 5 nitrogen and oxygen atoms in total. The molecule has 0 aliphatic rings. The molecule has 24 heavy (non-hydrogen) atoms. The zero-order valence-electron chi connectivity index (χ0n) is 12.8. The van der Waals surface area contributed by atoms with Gasteiger partial charge in [0.15, 0.2) is 12.7 Å². The summed E-state index contributed by atoms with van der Waals surface area (Å²) < 4.78 is 22.9. The number of hydrogen-bond donors (Lipinski definition) is 1. The Hall–Kier alpha value is -2.60. The predicted octanol–water partition coefficient (Wildman–Crippen LogP) is 3.43. The predicted molar refractivity (Wildman–Crippen MR) is 87.5 cm³/mol. The number of para-hydroxylation sites is 1. The van der Waals surface area contributed by atoms with E-state index in [2.05, 4.69) is 5.32 Å². The van der Waals surface area contributed by atoms with Crippen LogP contribution in [0.25, 0.3) is 0 Å². The Morgan fingerprint density at radius 2 is 1.83 bits per heavy atom. The van der Waals surface area contributed by atoms with Crippen molar-refractivity contribution < 1.29 is 23.5 Å². The van der Waals surface area contributed by atoms with Crippen LogP contribution in [0.15, 0.2) is 48.5 Å². The first kappa shape index (κ1) is 17.7. The first-order valence-electron chi connectivity index (χ1n) is 7.09. The molecule has 2 aromatic rings. The van der Waals surface area contributed by atoms with Crippen molar-refractivity contribution in [3.63, 3.8) is 0 Å². The van der Waals surface area contributed by atoms with E-state index in [4.69, 9.17) is 21.1 Å². The van der Waals surface area contributed by atoms with Crippen LogP contribution in [0.4, 0.5) is 10.1 Å².